The minimum absolute atomic E-state index is 0.144. The molecule has 0 bridgehead atoms. The second-order valence-corrected chi connectivity index (χ2v) is 7.68. The molecule has 0 aliphatic heterocycles. The fraction of sp³-hybridized carbons (Fsp3) is 0.500. The van der Waals surface area contributed by atoms with Gasteiger partial charge in [0, 0.05) is 6.54 Å². The molecular formula is C18H24N4O2S. The minimum Gasteiger partial charge on any atom is -0.354 e. The number of carbonyl (C=O) groups is 1. The smallest absolute Gasteiger partial charge is 0.291 e. The molecule has 3 heterocycles. The van der Waals surface area contributed by atoms with Crippen LogP contribution in [0.5, 0.6) is 0 Å². The average molecular weight is 360 g/mol. The molecule has 1 N–H and O–H groups in total. The van der Waals surface area contributed by atoms with E-state index in [0.717, 1.165) is 16.6 Å². The molecule has 0 fully saturated rings. The Balaban J connectivity index is 2.00. The molecule has 0 aliphatic carbocycles. The van der Waals surface area contributed by atoms with Gasteiger partial charge in [-0.15, -0.1) is 11.3 Å². The molecule has 7 heteroatoms. The molecule has 1 atom stereocenters. The van der Waals surface area contributed by atoms with E-state index in [-0.39, 0.29) is 11.5 Å². The lowest BCUT2D eigenvalue weighted by Crippen LogP contribution is -2.39. The van der Waals surface area contributed by atoms with Gasteiger partial charge < -0.3 is 5.32 Å². The minimum atomic E-state index is -0.587. The Morgan fingerprint density at radius 2 is 2.12 bits per heavy atom. The lowest BCUT2D eigenvalue weighted by molar-refractivity contribution is -0.124. The third-order valence-electron chi connectivity index (χ3n) is 4.43. The summed E-state index contributed by atoms with van der Waals surface area (Å²) in [5.41, 5.74) is 1.34. The molecule has 134 valence electrons. The van der Waals surface area contributed by atoms with E-state index in [4.69, 9.17) is 0 Å². The van der Waals surface area contributed by atoms with Crippen molar-refractivity contribution >= 4 is 33.0 Å². The van der Waals surface area contributed by atoms with Gasteiger partial charge in [0.25, 0.3) is 5.56 Å². The summed E-state index contributed by atoms with van der Waals surface area (Å²) in [5, 5.41) is 9.38. The Morgan fingerprint density at radius 1 is 1.36 bits per heavy atom. The number of hydrogen-bond acceptors (Lipinski definition) is 4. The van der Waals surface area contributed by atoms with Crippen LogP contribution in [0, 0.1) is 12.8 Å². The van der Waals surface area contributed by atoms with Gasteiger partial charge in [0.05, 0.1) is 10.2 Å². The van der Waals surface area contributed by atoms with Gasteiger partial charge >= 0.3 is 0 Å². The molecule has 25 heavy (non-hydrogen) atoms. The summed E-state index contributed by atoms with van der Waals surface area (Å²) in [4.78, 5) is 25.5. The van der Waals surface area contributed by atoms with Crippen molar-refractivity contribution in [2.45, 2.75) is 46.6 Å². The summed E-state index contributed by atoms with van der Waals surface area (Å²) in [5.74, 6) is 1.08. The van der Waals surface area contributed by atoms with E-state index in [1.54, 1.807) is 11.3 Å². The third kappa shape index (κ3) is 3.20. The maximum absolute atomic E-state index is 12.9. The van der Waals surface area contributed by atoms with Crippen LogP contribution in [-0.2, 0) is 4.79 Å². The van der Waals surface area contributed by atoms with Crippen LogP contribution in [0.1, 0.15) is 45.5 Å². The number of hydrogen-bond donors (Lipinski definition) is 1. The molecule has 0 saturated carbocycles. The second-order valence-electron chi connectivity index (χ2n) is 6.73. The average Bonchev–Trinajstić information content (AvgIpc) is 3.13. The van der Waals surface area contributed by atoms with Crippen LogP contribution < -0.4 is 10.9 Å². The summed E-state index contributed by atoms with van der Waals surface area (Å²) in [7, 11) is 0. The number of nitrogens with zero attached hydrogens (tertiary/aromatic N) is 3. The first-order chi connectivity index (χ1) is 11.9. The first-order valence-electron chi connectivity index (χ1n) is 8.69. The van der Waals surface area contributed by atoms with Gasteiger partial charge in [-0.1, -0.05) is 20.8 Å². The largest absolute Gasteiger partial charge is 0.354 e. The zero-order valence-corrected chi connectivity index (χ0v) is 15.9. The Kier molecular flexibility index (Phi) is 4.94. The van der Waals surface area contributed by atoms with Crippen LogP contribution in [0.25, 0.3) is 15.7 Å². The van der Waals surface area contributed by atoms with Crippen molar-refractivity contribution in [3.8, 4) is 0 Å². The summed E-state index contributed by atoms with van der Waals surface area (Å²) >= 11 is 1.59. The molecule has 3 rings (SSSR count). The lowest BCUT2D eigenvalue weighted by Gasteiger charge is -2.18. The van der Waals surface area contributed by atoms with E-state index < -0.39 is 6.04 Å². The van der Waals surface area contributed by atoms with Crippen LogP contribution in [0.2, 0.25) is 0 Å². The van der Waals surface area contributed by atoms with Crippen LogP contribution >= 0.6 is 11.3 Å². The van der Waals surface area contributed by atoms with Gasteiger partial charge in [-0.05, 0) is 43.2 Å². The van der Waals surface area contributed by atoms with Gasteiger partial charge in [-0.3, -0.25) is 14.0 Å². The number of carbonyl (C=O) groups excluding carboxylic acids is 1. The molecule has 1 amide bonds. The summed E-state index contributed by atoms with van der Waals surface area (Å²) in [6, 6.07) is 3.29. The number of amides is 1. The molecule has 0 saturated heterocycles. The van der Waals surface area contributed by atoms with E-state index in [1.165, 1.54) is 4.68 Å². The van der Waals surface area contributed by atoms with E-state index in [2.05, 4.69) is 24.3 Å². The van der Waals surface area contributed by atoms with E-state index in [9.17, 15) is 9.59 Å². The first-order valence-corrected chi connectivity index (χ1v) is 9.57. The Morgan fingerprint density at radius 3 is 2.80 bits per heavy atom. The molecule has 6 nitrogen and oxygen atoms in total. The maximum Gasteiger partial charge on any atom is 0.291 e. The van der Waals surface area contributed by atoms with Gasteiger partial charge in [-0.2, -0.15) is 5.10 Å². The Bertz CT molecular complexity index is 967. The van der Waals surface area contributed by atoms with E-state index in [0.29, 0.717) is 30.2 Å². The predicted molar refractivity (Wildman–Crippen MR) is 101 cm³/mol. The van der Waals surface area contributed by atoms with Crippen molar-refractivity contribution in [1.82, 2.24) is 19.5 Å². The standard InChI is InChI=1S/C18H24N4O2S/c1-5-13(17(23)19-8-6-11(2)3)22-18(24)15-10-16-14(7-9-25-16)21(15)12(4)20-22/h7,9-11,13H,5-6,8H2,1-4H3,(H,19,23). The van der Waals surface area contributed by atoms with Crippen molar-refractivity contribution < 1.29 is 4.79 Å². The van der Waals surface area contributed by atoms with Crippen molar-refractivity contribution in [2.24, 2.45) is 5.92 Å². The molecular weight excluding hydrogens is 336 g/mol. The van der Waals surface area contributed by atoms with Crippen LogP contribution in [0.3, 0.4) is 0 Å². The van der Waals surface area contributed by atoms with Gasteiger partial charge in [0.2, 0.25) is 5.91 Å². The highest BCUT2D eigenvalue weighted by atomic mass is 32.1. The molecule has 3 aromatic heterocycles. The monoisotopic (exact) mass is 360 g/mol. The quantitative estimate of drug-likeness (QED) is 0.734. The summed E-state index contributed by atoms with van der Waals surface area (Å²) < 4.78 is 4.27. The number of thiophene rings is 1. The Labute approximate surface area is 150 Å². The molecule has 1 unspecified atom stereocenters. The zero-order chi connectivity index (χ0) is 18.1. The molecule has 3 aromatic rings. The van der Waals surface area contributed by atoms with Crippen LogP contribution in [-0.4, -0.2) is 26.6 Å². The lowest BCUT2D eigenvalue weighted by atomic mass is 10.1. The van der Waals surface area contributed by atoms with Gasteiger partial charge in [0.15, 0.2) is 0 Å². The SMILES string of the molecule is CCC(C(=O)NCCC(C)C)n1nc(C)n2c(cc3sccc32)c1=O. The third-order valence-corrected chi connectivity index (χ3v) is 5.28. The number of rotatable bonds is 6. The van der Waals surface area contributed by atoms with E-state index in [1.807, 2.05) is 35.8 Å². The fourth-order valence-electron chi connectivity index (χ4n) is 3.08. The summed E-state index contributed by atoms with van der Waals surface area (Å²) in [6.45, 7) is 8.61. The molecule has 0 aromatic carbocycles. The number of nitrogens with one attached hydrogen (secondary N) is 1. The molecule has 0 radical (unpaired) electrons. The fourth-order valence-corrected chi connectivity index (χ4v) is 3.88. The number of fused-ring (bicyclic) bond motifs is 3. The van der Waals surface area contributed by atoms with Crippen molar-refractivity contribution in [1.29, 1.82) is 0 Å². The van der Waals surface area contributed by atoms with E-state index >= 15 is 0 Å². The highest BCUT2D eigenvalue weighted by Crippen LogP contribution is 2.24. The maximum atomic E-state index is 12.9. The molecule has 0 spiro atoms. The van der Waals surface area contributed by atoms with Gasteiger partial charge in [0.1, 0.15) is 17.4 Å². The zero-order valence-electron chi connectivity index (χ0n) is 15.1. The number of aromatic nitrogens is 3. The molecule has 0 aliphatic rings. The normalized spacial score (nSPS) is 13.0. The summed E-state index contributed by atoms with van der Waals surface area (Å²) in [6.07, 6.45) is 1.43. The highest BCUT2D eigenvalue weighted by Gasteiger charge is 2.23. The highest BCUT2D eigenvalue weighted by molar-refractivity contribution is 7.17. The van der Waals surface area contributed by atoms with Gasteiger partial charge in [-0.25, -0.2) is 4.68 Å². The van der Waals surface area contributed by atoms with Crippen LogP contribution in [0.4, 0.5) is 0 Å². The van der Waals surface area contributed by atoms with Crippen LogP contribution in [0.15, 0.2) is 22.3 Å². The van der Waals surface area contributed by atoms with Crippen molar-refractivity contribution in [3.63, 3.8) is 0 Å². The van der Waals surface area contributed by atoms with Crippen molar-refractivity contribution in [3.05, 3.63) is 33.7 Å². The first kappa shape index (κ1) is 17.7. The Hall–Kier alpha value is -2.15. The van der Waals surface area contributed by atoms with Crippen molar-refractivity contribution in [2.75, 3.05) is 6.54 Å². The number of aryl methyl sites for hydroxylation is 1. The second kappa shape index (κ2) is 7.00. The predicted octanol–water partition coefficient (Wildman–Crippen LogP) is 3.13. The topological polar surface area (TPSA) is 68.4 Å².